The Morgan fingerprint density at radius 2 is 1.86 bits per heavy atom. The summed E-state index contributed by atoms with van der Waals surface area (Å²) in [5.41, 5.74) is 5.28. The number of aryl methyl sites for hydroxylation is 2. The SMILES string of the molecule is c1ccc(C2=NCCN2)c(CCc2cccc3c2OCC3)c1. The Balaban J connectivity index is 1.57. The lowest BCUT2D eigenvalue weighted by Crippen LogP contribution is -2.21. The summed E-state index contributed by atoms with van der Waals surface area (Å²) in [5.74, 6) is 2.17. The van der Waals surface area contributed by atoms with Gasteiger partial charge in [-0.2, -0.15) is 0 Å². The van der Waals surface area contributed by atoms with Gasteiger partial charge in [0.2, 0.25) is 0 Å². The van der Waals surface area contributed by atoms with E-state index in [2.05, 4.69) is 52.8 Å². The van der Waals surface area contributed by atoms with Gasteiger partial charge in [-0.05, 0) is 29.5 Å². The van der Waals surface area contributed by atoms with Crippen LogP contribution >= 0.6 is 0 Å². The van der Waals surface area contributed by atoms with E-state index < -0.39 is 0 Å². The number of amidine groups is 1. The van der Waals surface area contributed by atoms with Crippen molar-refractivity contribution in [2.45, 2.75) is 19.3 Å². The first kappa shape index (κ1) is 13.4. The molecule has 0 bridgehead atoms. The fraction of sp³-hybridized carbons (Fsp3) is 0.316. The summed E-state index contributed by atoms with van der Waals surface area (Å²) in [5, 5.41) is 3.38. The normalized spacial score (nSPS) is 15.9. The lowest BCUT2D eigenvalue weighted by Gasteiger charge is -2.11. The van der Waals surface area contributed by atoms with Crippen LogP contribution in [0.4, 0.5) is 0 Å². The molecule has 112 valence electrons. The Bertz CT molecular complexity index is 721. The Hall–Kier alpha value is -2.29. The van der Waals surface area contributed by atoms with Gasteiger partial charge in [0, 0.05) is 18.5 Å². The van der Waals surface area contributed by atoms with Crippen LogP contribution in [0.25, 0.3) is 0 Å². The van der Waals surface area contributed by atoms with E-state index in [-0.39, 0.29) is 0 Å². The molecule has 1 N–H and O–H groups in total. The van der Waals surface area contributed by atoms with E-state index in [4.69, 9.17) is 4.74 Å². The molecule has 0 saturated heterocycles. The van der Waals surface area contributed by atoms with Gasteiger partial charge in [0.05, 0.1) is 13.2 Å². The number of rotatable bonds is 4. The topological polar surface area (TPSA) is 33.6 Å². The molecule has 2 aromatic carbocycles. The summed E-state index contributed by atoms with van der Waals surface area (Å²) < 4.78 is 5.81. The molecule has 4 rings (SSSR count). The average Bonchev–Trinajstić information content (AvgIpc) is 3.24. The molecule has 2 aromatic rings. The number of nitrogens with zero attached hydrogens (tertiary/aromatic N) is 1. The van der Waals surface area contributed by atoms with E-state index >= 15 is 0 Å². The molecule has 0 aromatic heterocycles. The fourth-order valence-electron chi connectivity index (χ4n) is 3.30. The van der Waals surface area contributed by atoms with Gasteiger partial charge in [0.15, 0.2) is 0 Å². The highest BCUT2D eigenvalue weighted by molar-refractivity contribution is 6.01. The molecule has 2 aliphatic rings. The van der Waals surface area contributed by atoms with Crippen LogP contribution in [-0.4, -0.2) is 25.5 Å². The number of fused-ring (bicyclic) bond motifs is 1. The van der Waals surface area contributed by atoms with Crippen LogP contribution in [0, 0.1) is 0 Å². The summed E-state index contributed by atoms with van der Waals surface area (Å²) in [6.07, 6.45) is 3.06. The summed E-state index contributed by atoms with van der Waals surface area (Å²) in [6.45, 7) is 2.65. The summed E-state index contributed by atoms with van der Waals surface area (Å²) in [4.78, 5) is 4.56. The molecule has 0 saturated carbocycles. The van der Waals surface area contributed by atoms with Crippen LogP contribution in [0.3, 0.4) is 0 Å². The highest BCUT2D eigenvalue weighted by Gasteiger charge is 2.17. The second-order valence-corrected chi connectivity index (χ2v) is 5.82. The van der Waals surface area contributed by atoms with Gasteiger partial charge in [-0.25, -0.2) is 0 Å². The summed E-state index contributed by atoms with van der Waals surface area (Å²) in [7, 11) is 0. The maximum absolute atomic E-state index is 5.81. The Kier molecular flexibility index (Phi) is 3.55. The number of hydrogen-bond donors (Lipinski definition) is 1. The van der Waals surface area contributed by atoms with Crippen LogP contribution in [-0.2, 0) is 19.3 Å². The van der Waals surface area contributed by atoms with Crippen molar-refractivity contribution < 1.29 is 4.74 Å². The quantitative estimate of drug-likeness (QED) is 0.940. The zero-order valence-corrected chi connectivity index (χ0v) is 12.6. The van der Waals surface area contributed by atoms with E-state index in [1.807, 2.05) is 0 Å². The van der Waals surface area contributed by atoms with Gasteiger partial charge in [-0.15, -0.1) is 0 Å². The minimum Gasteiger partial charge on any atom is -0.493 e. The zero-order chi connectivity index (χ0) is 14.8. The minimum absolute atomic E-state index is 0.823. The van der Waals surface area contributed by atoms with Crippen molar-refractivity contribution in [2.24, 2.45) is 4.99 Å². The largest absolute Gasteiger partial charge is 0.493 e. The van der Waals surface area contributed by atoms with Gasteiger partial charge in [-0.3, -0.25) is 4.99 Å². The number of hydrogen-bond acceptors (Lipinski definition) is 3. The zero-order valence-electron chi connectivity index (χ0n) is 12.6. The van der Waals surface area contributed by atoms with Crippen molar-refractivity contribution in [3.05, 3.63) is 64.7 Å². The first-order valence-electron chi connectivity index (χ1n) is 8.02. The standard InChI is InChI=1S/C19H20N2O/c1-2-7-17(19-20-11-12-21-19)14(4-1)8-9-15-5-3-6-16-10-13-22-18(15)16/h1-7H,8-13H2,(H,20,21). The van der Waals surface area contributed by atoms with E-state index in [0.29, 0.717) is 0 Å². The molecule has 22 heavy (non-hydrogen) atoms. The lowest BCUT2D eigenvalue weighted by atomic mass is 9.97. The third-order valence-electron chi connectivity index (χ3n) is 4.41. The molecular weight excluding hydrogens is 272 g/mol. The van der Waals surface area contributed by atoms with E-state index in [1.54, 1.807) is 0 Å². The predicted octanol–water partition coefficient (Wildman–Crippen LogP) is 2.76. The summed E-state index contributed by atoms with van der Waals surface area (Å²) in [6, 6.07) is 15.1. The third-order valence-corrected chi connectivity index (χ3v) is 4.41. The molecular formula is C19H20N2O. The monoisotopic (exact) mass is 292 g/mol. The van der Waals surface area contributed by atoms with Gasteiger partial charge in [0.25, 0.3) is 0 Å². The molecule has 2 aliphatic heterocycles. The van der Waals surface area contributed by atoms with Crippen LogP contribution in [0.1, 0.15) is 22.3 Å². The highest BCUT2D eigenvalue weighted by Crippen LogP contribution is 2.30. The van der Waals surface area contributed by atoms with Crippen molar-refractivity contribution in [1.29, 1.82) is 0 Å². The second-order valence-electron chi connectivity index (χ2n) is 5.82. The van der Waals surface area contributed by atoms with Crippen LogP contribution in [0.2, 0.25) is 0 Å². The highest BCUT2D eigenvalue weighted by atomic mass is 16.5. The van der Waals surface area contributed by atoms with Crippen molar-refractivity contribution in [1.82, 2.24) is 5.32 Å². The Labute approximate surface area is 131 Å². The Morgan fingerprint density at radius 1 is 1.00 bits per heavy atom. The molecule has 0 atom stereocenters. The smallest absolute Gasteiger partial charge is 0.128 e. The number of nitrogens with one attached hydrogen (secondary N) is 1. The van der Waals surface area contributed by atoms with Crippen molar-refractivity contribution in [2.75, 3.05) is 19.7 Å². The molecule has 0 amide bonds. The first-order valence-corrected chi connectivity index (χ1v) is 8.02. The van der Waals surface area contributed by atoms with Crippen molar-refractivity contribution in [3.63, 3.8) is 0 Å². The van der Waals surface area contributed by atoms with Crippen LogP contribution < -0.4 is 10.1 Å². The van der Waals surface area contributed by atoms with E-state index in [9.17, 15) is 0 Å². The molecule has 0 fully saturated rings. The molecule has 2 heterocycles. The molecule has 0 radical (unpaired) electrons. The number of para-hydroxylation sites is 1. The second kappa shape index (κ2) is 5.84. The van der Waals surface area contributed by atoms with Crippen LogP contribution in [0.5, 0.6) is 5.75 Å². The number of aliphatic imine (C=N–C) groups is 1. The van der Waals surface area contributed by atoms with Gasteiger partial charge in [0.1, 0.15) is 11.6 Å². The number of ether oxygens (including phenoxy) is 1. The fourth-order valence-corrected chi connectivity index (χ4v) is 3.30. The summed E-state index contributed by atoms with van der Waals surface area (Å²) >= 11 is 0. The van der Waals surface area contributed by atoms with Crippen LogP contribution in [0.15, 0.2) is 47.5 Å². The van der Waals surface area contributed by atoms with Crippen molar-refractivity contribution in [3.8, 4) is 5.75 Å². The molecule has 3 heteroatoms. The first-order chi connectivity index (χ1) is 10.9. The predicted molar refractivity (Wildman–Crippen MR) is 88.9 cm³/mol. The maximum atomic E-state index is 5.81. The third kappa shape index (κ3) is 2.47. The molecule has 0 unspecified atom stereocenters. The van der Waals surface area contributed by atoms with Gasteiger partial charge < -0.3 is 10.1 Å². The van der Waals surface area contributed by atoms with Crippen molar-refractivity contribution >= 4 is 5.84 Å². The molecule has 0 spiro atoms. The minimum atomic E-state index is 0.823. The number of benzene rings is 2. The van der Waals surface area contributed by atoms with Gasteiger partial charge in [-0.1, -0.05) is 42.5 Å². The lowest BCUT2D eigenvalue weighted by molar-refractivity contribution is 0.353. The van der Waals surface area contributed by atoms with E-state index in [0.717, 1.165) is 50.5 Å². The van der Waals surface area contributed by atoms with Gasteiger partial charge >= 0.3 is 0 Å². The molecule has 0 aliphatic carbocycles. The maximum Gasteiger partial charge on any atom is 0.128 e. The Morgan fingerprint density at radius 3 is 2.77 bits per heavy atom. The average molecular weight is 292 g/mol. The molecule has 3 nitrogen and oxygen atoms in total. The van der Waals surface area contributed by atoms with E-state index in [1.165, 1.54) is 22.3 Å².